The summed E-state index contributed by atoms with van der Waals surface area (Å²) < 4.78 is 0. The zero-order valence-corrected chi connectivity index (χ0v) is 14.2. The Morgan fingerprint density at radius 3 is 2.52 bits per heavy atom. The number of anilines is 2. The van der Waals surface area contributed by atoms with Gasteiger partial charge in [-0.3, -0.25) is 4.79 Å². The third-order valence-corrected chi connectivity index (χ3v) is 4.90. The molecule has 0 bridgehead atoms. The highest BCUT2D eigenvalue weighted by atomic mass is 16.2. The van der Waals surface area contributed by atoms with Crippen LogP contribution in [0.5, 0.6) is 0 Å². The Kier molecular flexibility index (Phi) is 4.12. The molecular formula is C20H24N2O. The van der Waals surface area contributed by atoms with E-state index in [9.17, 15) is 4.79 Å². The Balaban J connectivity index is 2.03. The molecule has 3 nitrogen and oxygen atoms in total. The molecule has 2 aromatic carbocycles. The molecule has 1 amide bonds. The van der Waals surface area contributed by atoms with Crippen molar-refractivity contribution in [3.63, 3.8) is 0 Å². The molecule has 0 aliphatic carbocycles. The first-order valence-electron chi connectivity index (χ1n) is 8.21. The number of para-hydroxylation sites is 1. The fraction of sp³-hybridized carbons (Fsp3) is 0.350. The van der Waals surface area contributed by atoms with Crippen molar-refractivity contribution >= 4 is 17.3 Å². The number of nitrogens with zero attached hydrogens (tertiary/aromatic N) is 1. The van der Waals surface area contributed by atoms with E-state index in [2.05, 4.69) is 56.4 Å². The summed E-state index contributed by atoms with van der Waals surface area (Å²) in [6, 6.07) is 17.0. The molecule has 1 N–H and O–H groups in total. The minimum atomic E-state index is 0.103. The lowest BCUT2D eigenvalue weighted by Gasteiger charge is -2.44. The quantitative estimate of drug-likeness (QED) is 0.883. The van der Waals surface area contributed by atoms with E-state index in [1.165, 1.54) is 11.1 Å². The SMILES string of the molecule is CC(=O)N1c2ccccc2C(Nc2cccc(C)c2)[C@@H](C)[C@@H]1C. The van der Waals surface area contributed by atoms with Gasteiger partial charge in [0.15, 0.2) is 0 Å². The molecule has 23 heavy (non-hydrogen) atoms. The molecule has 3 heteroatoms. The van der Waals surface area contributed by atoms with Gasteiger partial charge in [0.2, 0.25) is 5.91 Å². The van der Waals surface area contributed by atoms with E-state index in [0.29, 0.717) is 5.92 Å². The minimum Gasteiger partial charge on any atom is -0.378 e. The second-order valence-corrected chi connectivity index (χ2v) is 6.54. The molecule has 0 radical (unpaired) electrons. The van der Waals surface area contributed by atoms with Crippen LogP contribution in [-0.4, -0.2) is 11.9 Å². The van der Waals surface area contributed by atoms with Gasteiger partial charge in [-0.1, -0.05) is 37.3 Å². The highest BCUT2D eigenvalue weighted by molar-refractivity contribution is 5.93. The van der Waals surface area contributed by atoms with E-state index in [-0.39, 0.29) is 18.0 Å². The molecule has 0 spiro atoms. The van der Waals surface area contributed by atoms with E-state index in [1.807, 2.05) is 23.1 Å². The summed E-state index contributed by atoms with van der Waals surface area (Å²) in [5, 5.41) is 3.68. The maximum Gasteiger partial charge on any atom is 0.224 e. The lowest BCUT2D eigenvalue weighted by molar-refractivity contribution is -0.117. The molecule has 0 aromatic heterocycles. The van der Waals surface area contributed by atoms with Crippen molar-refractivity contribution in [3.8, 4) is 0 Å². The smallest absolute Gasteiger partial charge is 0.224 e. The molecular weight excluding hydrogens is 284 g/mol. The molecule has 3 atom stereocenters. The van der Waals surface area contributed by atoms with E-state index in [1.54, 1.807) is 6.92 Å². The number of fused-ring (bicyclic) bond motifs is 1. The monoisotopic (exact) mass is 308 g/mol. The second-order valence-electron chi connectivity index (χ2n) is 6.54. The summed E-state index contributed by atoms with van der Waals surface area (Å²) in [5.74, 6) is 0.417. The first-order chi connectivity index (χ1) is 11.0. The van der Waals surface area contributed by atoms with Crippen molar-refractivity contribution in [1.82, 2.24) is 0 Å². The molecule has 1 aliphatic rings. The van der Waals surface area contributed by atoms with Crippen LogP contribution in [0.3, 0.4) is 0 Å². The Bertz CT molecular complexity index is 725. The summed E-state index contributed by atoms with van der Waals surface area (Å²) in [4.78, 5) is 14.1. The van der Waals surface area contributed by atoms with Gasteiger partial charge < -0.3 is 10.2 Å². The summed E-state index contributed by atoms with van der Waals surface area (Å²) in [6.07, 6.45) is 0. The van der Waals surface area contributed by atoms with Gasteiger partial charge in [0.1, 0.15) is 0 Å². The van der Waals surface area contributed by atoms with E-state index < -0.39 is 0 Å². The lowest BCUT2D eigenvalue weighted by atomic mass is 9.82. The average Bonchev–Trinajstić information content (AvgIpc) is 2.51. The second kappa shape index (κ2) is 6.07. The molecule has 1 unspecified atom stereocenters. The van der Waals surface area contributed by atoms with Gasteiger partial charge in [-0.05, 0) is 43.2 Å². The highest BCUT2D eigenvalue weighted by Crippen LogP contribution is 2.42. The number of hydrogen-bond acceptors (Lipinski definition) is 2. The van der Waals surface area contributed by atoms with Crippen LogP contribution in [-0.2, 0) is 4.79 Å². The van der Waals surface area contributed by atoms with Crippen LogP contribution in [0.15, 0.2) is 48.5 Å². The number of amides is 1. The Morgan fingerprint density at radius 2 is 1.83 bits per heavy atom. The van der Waals surface area contributed by atoms with Gasteiger partial charge in [-0.25, -0.2) is 0 Å². The number of aryl methyl sites for hydroxylation is 1. The van der Waals surface area contributed by atoms with Gasteiger partial charge in [0.25, 0.3) is 0 Å². The van der Waals surface area contributed by atoms with Crippen molar-refractivity contribution in [1.29, 1.82) is 0 Å². The zero-order valence-electron chi connectivity index (χ0n) is 14.2. The average molecular weight is 308 g/mol. The molecule has 1 aliphatic heterocycles. The molecule has 1 heterocycles. The molecule has 3 rings (SSSR count). The van der Waals surface area contributed by atoms with Gasteiger partial charge >= 0.3 is 0 Å². The van der Waals surface area contributed by atoms with E-state index in [4.69, 9.17) is 0 Å². The topological polar surface area (TPSA) is 32.3 Å². The van der Waals surface area contributed by atoms with Crippen LogP contribution in [0.2, 0.25) is 0 Å². The molecule has 0 fully saturated rings. The number of rotatable bonds is 2. The maximum absolute atomic E-state index is 12.1. The Hall–Kier alpha value is -2.29. The normalized spacial score (nSPS) is 23.3. The van der Waals surface area contributed by atoms with Crippen molar-refractivity contribution in [3.05, 3.63) is 59.7 Å². The third kappa shape index (κ3) is 2.83. The fourth-order valence-corrected chi connectivity index (χ4v) is 3.57. The summed E-state index contributed by atoms with van der Waals surface area (Å²) in [6.45, 7) is 8.09. The Labute approximate surface area is 138 Å². The predicted octanol–water partition coefficient (Wildman–Crippen LogP) is 4.54. The van der Waals surface area contributed by atoms with Crippen molar-refractivity contribution in [2.45, 2.75) is 39.8 Å². The first-order valence-corrected chi connectivity index (χ1v) is 8.21. The number of nitrogens with one attached hydrogen (secondary N) is 1. The summed E-state index contributed by atoms with van der Waals surface area (Å²) in [7, 11) is 0. The van der Waals surface area contributed by atoms with Gasteiger partial charge in [-0.2, -0.15) is 0 Å². The van der Waals surface area contributed by atoms with Gasteiger partial charge in [0, 0.05) is 30.3 Å². The number of carbonyl (C=O) groups excluding carboxylic acids is 1. The molecule has 120 valence electrons. The maximum atomic E-state index is 12.1. The predicted molar refractivity (Wildman–Crippen MR) is 95.8 cm³/mol. The van der Waals surface area contributed by atoms with Crippen LogP contribution in [0.1, 0.15) is 37.9 Å². The number of benzene rings is 2. The van der Waals surface area contributed by atoms with Crippen molar-refractivity contribution < 1.29 is 4.79 Å². The van der Waals surface area contributed by atoms with Crippen LogP contribution in [0.4, 0.5) is 11.4 Å². The first kappa shape index (κ1) is 15.6. The third-order valence-electron chi connectivity index (χ3n) is 4.90. The molecule has 0 saturated carbocycles. The Morgan fingerprint density at radius 1 is 1.09 bits per heavy atom. The van der Waals surface area contributed by atoms with Crippen LogP contribution in [0, 0.1) is 12.8 Å². The summed E-state index contributed by atoms with van der Waals surface area (Å²) >= 11 is 0. The minimum absolute atomic E-state index is 0.103. The number of hydrogen-bond donors (Lipinski definition) is 1. The van der Waals surface area contributed by atoms with E-state index in [0.717, 1.165) is 11.4 Å². The van der Waals surface area contributed by atoms with Crippen LogP contribution in [0.25, 0.3) is 0 Å². The fourth-order valence-electron chi connectivity index (χ4n) is 3.57. The van der Waals surface area contributed by atoms with Crippen molar-refractivity contribution in [2.75, 3.05) is 10.2 Å². The highest BCUT2D eigenvalue weighted by Gasteiger charge is 2.37. The van der Waals surface area contributed by atoms with Crippen LogP contribution >= 0.6 is 0 Å². The standard InChI is InChI=1S/C20H24N2O/c1-13-8-7-9-17(12-13)21-20-14(2)15(3)22(16(4)23)19-11-6-5-10-18(19)20/h5-12,14-15,20-21H,1-4H3/t14-,15-,20?/m0/s1. The van der Waals surface area contributed by atoms with Gasteiger partial charge in [-0.15, -0.1) is 0 Å². The van der Waals surface area contributed by atoms with Crippen LogP contribution < -0.4 is 10.2 Å². The molecule has 2 aromatic rings. The lowest BCUT2D eigenvalue weighted by Crippen LogP contribution is -2.48. The molecule has 0 saturated heterocycles. The van der Waals surface area contributed by atoms with E-state index >= 15 is 0 Å². The summed E-state index contributed by atoms with van der Waals surface area (Å²) in [5.41, 5.74) is 4.58. The number of carbonyl (C=O) groups is 1. The largest absolute Gasteiger partial charge is 0.378 e. The zero-order chi connectivity index (χ0) is 16.6. The van der Waals surface area contributed by atoms with Gasteiger partial charge in [0.05, 0.1) is 6.04 Å². The van der Waals surface area contributed by atoms with Crippen molar-refractivity contribution in [2.24, 2.45) is 5.92 Å².